The fourth-order valence-electron chi connectivity index (χ4n) is 0.973. The third-order valence-corrected chi connectivity index (χ3v) is 2.20. The Morgan fingerprint density at radius 2 is 2.00 bits per heavy atom. The van der Waals surface area contributed by atoms with E-state index >= 15 is 0 Å². The number of benzene rings is 1. The summed E-state index contributed by atoms with van der Waals surface area (Å²) in [6.07, 6.45) is 5.05. The molecule has 15 heavy (non-hydrogen) atoms. The van der Waals surface area contributed by atoms with Crippen LogP contribution in [0.5, 0.6) is 0 Å². The molecule has 0 unspecified atom stereocenters. The Labute approximate surface area is 96.3 Å². The molecule has 0 aromatic heterocycles. The summed E-state index contributed by atoms with van der Waals surface area (Å²) in [6, 6.07) is 2.43. The van der Waals surface area contributed by atoms with Crippen molar-refractivity contribution in [2.45, 2.75) is 0 Å². The van der Waals surface area contributed by atoms with Gasteiger partial charge in [0, 0.05) is 12.1 Å². The van der Waals surface area contributed by atoms with Crippen molar-refractivity contribution in [2.75, 3.05) is 11.9 Å². The number of nitro groups is 1. The van der Waals surface area contributed by atoms with Crippen molar-refractivity contribution in [3.8, 4) is 12.3 Å². The van der Waals surface area contributed by atoms with Crippen molar-refractivity contribution in [1.29, 1.82) is 0 Å². The molecule has 0 bridgehead atoms. The van der Waals surface area contributed by atoms with Gasteiger partial charge in [-0.05, 0) is 0 Å². The van der Waals surface area contributed by atoms with Gasteiger partial charge in [-0.25, -0.2) is 0 Å². The van der Waals surface area contributed by atoms with Crippen LogP contribution in [-0.2, 0) is 0 Å². The Balaban J connectivity index is 3.11. The molecule has 1 rings (SSSR count). The molecule has 78 valence electrons. The molecule has 0 fully saturated rings. The van der Waals surface area contributed by atoms with Crippen molar-refractivity contribution >= 4 is 34.6 Å². The van der Waals surface area contributed by atoms with Gasteiger partial charge in [0.1, 0.15) is 0 Å². The Morgan fingerprint density at radius 3 is 2.40 bits per heavy atom. The van der Waals surface area contributed by atoms with Gasteiger partial charge >= 0.3 is 0 Å². The first-order chi connectivity index (χ1) is 7.06. The topological polar surface area (TPSA) is 55.2 Å². The molecule has 0 atom stereocenters. The number of nitro benzene ring substituents is 1. The number of terminal acetylenes is 1. The second-order valence-electron chi connectivity index (χ2n) is 2.60. The van der Waals surface area contributed by atoms with Crippen LogP contribution in [0.1, 0.15) is 0 Å². The summed E-state index contributed by atoms with van der Waals surface area (Å²) in [5.74, 6) is 2.35. The molecule has 0 radical (unpaired) electrons. The third kappa shape index (κ3) is 2.75. The number of anilines is 1. The van der Waals surface area contributed by atoms with E-state index in [1.807, 2.05) is 0 Å². The number of halogens is 2. The molecular formula is C9H6Cl2N2O2. The van der Waals surface area contributed by atoms with Crippen LogP contribution in [0, 0.1) is 22.5 Å². The van der Waals surface area contributed by atoms with Crippen LogP contribution in [-0.4, -0.2) is 11.5 Å². The molecule has 0 saturated heterocycles. The van der Waals surface area contributed by atoms with E-state index in [-0.39, 0.29) is 22.3 Å². The minimum Gasteiger partial charge on any atom is -0.372 e. The van der Waals surface area contributed by atoms with Gasteiger partial charge in [-0.1, -0.05) is 29.1 Å². The van der Waals surface area contributed by atoms with Gasteiger partial charge in [-0.2, -0.15) is 0 Å². The second kappa shape index (κ2) is 4.87. The lowest BCUT2D eigenvalue weighted by Crippen LogP contribution is -2.00. The minimum atomic E-state index is -0.567. The molecule has 0 aliphatic heterocycles. The molecule has 6 heteroatoms. The predicted octanol–water partition coefficient (Wildman–Crippen LogP) is 2.95. The first-order valence-electron chi connectivity index (χ1n) is 3.87. The van der Waals surface area contributed by atoms with Gasteiger partial charge in [0.2, 0.25) is 0 Å². The van der Waals surface area contributed by atoms with Crippen LogP contribution in [0.4, 0.5) is 11.4 Å². The number of nitrogens with one attached hydrogen (secondary N) is 1. The Hall–Kier alpha value is -1.44. The third-order valence-electron chi connectivity index (χ3n) is 1.60. The molecule has 0 heterocycles. The molecule has 1 aromatic carbocycles. The monoisotopic (exact) mass is 244 g/mol. The fourth-order valence-corrected chi connectivity index (χ4v) is 1.58. The van der Waals surface area contributed by atoms with Crippen LogP contribution in [0.3, 0.4) is 0 Å². The van der Waals surface area contributed by atoms with Crippen LogP contribution in [0.25, 0.3) is 0 Å². The van der Waals surface area contributed by atoms with Crippen molar-refractivity contribution < 1.29 is 4.92 Å². The zero-order chi connectivity index (χ0) is 11.4. The molecule has 0 spiro atoms. The maximum absolute atomic E-state index is 10.5. The first kappa shape index (κ1) is 11.6. The quantitative estimate of drug-likeness (QED) is 0.506. The SMILES string of the molecule is C#CCNc1c(Cl)cc([N+](=O)[O-])cc1Cl. The Kier molecular flexibility index (Phi) is 3.78. The number of hydrogen-bond donors (Lipinski definition) is 1. The zero-order valence-electron chi connectivity index (χ0n) is 7.46. The number of hydrogen-bond acceptors (Lipinski definition) is 3. The second-order valence-corrected chi connectivity index (χ2v) is 3.41. The largest absolute Gasteiger partial charge is 0.372 e. The van der Waals surface area contributed by atoms with Gasteiger partial charge in [0.15, 0.2) is 0 Å². The molecule has 0 saturated carbocycles. The minimum absolute atomic E-state index is 0.156. The smallest absolute Gasteiger partial charge is 0.272 e. The Morgan fingerprint density at radius 1 is 1.47 bits per heavy atom. The summed E-state index contributed by atoms with van der Waals surface area (Å²) in [5.41, 5.74) is 0.248. The fraction of sp³-hybridized carbons (Fsp3) is 0.111. The molecule has 4 nitrogen and oxygen atoms in total. The van der Waals surface area contributed by atoms with E-state index < -0.39 is 4.92 Å². The van der Waals surface area contributed by atoms with Gasteiger partial charge in [-0.3, -0.25) is 10.1 Å². The molecule has 1 aromatic rings. The van der Waals surface area contributed by atoms with E-state index in [0.717, 1.165) is 0 Å². The van der Waals surface area contributed by atoms with Crippen molar-refractivity contribution in [2.24, 2.45) is 0 Å². The highest BCUT2D eigenvalue weighted by atomic mass is 35.5. The van der Waals surface area contributed by atoms with Crippen molar-refractivity contribution in [3.63, 3.8) is 0 Å². The number of rotatable bonds is 3. The first-order valence-corrected chi connectivity index (χ1v) is 4.62. The Bertz CT molecular complexity index is 417. The summed E-state index contributed by atoms with van der Waals surface area (Å²) in [7, 11) is 0. The summed E-state index contributed by atoms with van der Waals surface area (Å²) in [5, 5.41) is 13.6. The lowest BCUT2D eigenvalue weighted by Gasteiger charge is -2.07. The zero-order valence-corrected chi connectivity index (χ0v) is 8.97. The highest BCUT2D eigenvalue weighted by Gasteiger charge is 2.13. The van der Waals surface area contributed by atoms with Crippen molar-refractivity contribution in [3.05, 3.63) is 32.3 Å². The average molecular weight is 245 g/mol. The van der Waals surface area contributed by atoms with E-state index in [1.165, 1.54) is 12.1 Å². The summed E-state index contributed by atoms with van der Waals surface area (Å²) < 4.78 is 0. The van der Waals surface area contributed by atoms with Crippen LogP contribution in [0.2, 0.25) is 10.0 Å². The van der Waals surface area contributed by atoms with Crippen LogP contribution < -0.4 is 5.32 Å². The van der Waals surface area contributed by atoms with E-state index in [2.05, 4.69) is 11.2 Å². The van der Waals surface area contributed by atoms with Gasteiger partial charge in [0.05, 0.1) is 27.2 Å². The highest BCUT2D eigenvalue weighted by Crippen LogP contribution is 2.34. The normalized spacial score (nSPS) is 9.40. The highest BCUT2D eigenvalue weighted by molar-refractivity contribution is 6.39. The standard InChI is InChI=1S/C9H6Cl2N2O2/c1-2-3-12-9-7(10)4-6(13(14)15)5-8(9)11/h1,4-5,12H,3H2. The lowest BCUT2D eigenvalue weighted by molar-refractivity contribution is -0.384. The van der Waals surface area contributed by atoms with Crippen LogP contribution >= 0.6 is 23.2 Å². The van der Waals surface area contributed by atoms with E-state index in [1.54, 1.807) is 0 Å². The summed E-state index contributed by atoms with van der Waals surface area (Å²) >= 11 is 11.6. The maximum Gasteiger partial charge on any atom is 0.272 e. The number of non-ortho nitro benzene ring substituents is 1. The molecule has 0 aliphatic carbocycles. The van der Waals surface area contributed by atoms with Gasteiger partial charge in [0.25, 0.3) is 5.69 Å². The predicted molar refractivity (Wildman–Crippen MR) is 60.4 cm³/mol. The molecule has 0 amide bonds. The van der Waals surface area contributed by atoms with Gasteiger partial charge < -0.3 is 5.32 Å². The van der Waals surface area contributed by atoms with E-state index in [9.17, 15) is 10.1 Å². The van der Waals surface area contributed by atoms with Crippen LogP contribution in [0.15, 0.2) is 12.1 Å². The van der Waals surface area contributed by atoms with Crippen molar-refractivity contribution in [1.82, 2.24) is 0 Å². The summed E-state index contributed by atoms with van der Waals surface area (Å²) in [4.78, 5) is 9.90. The summed E-state index contributed by atoms with van der Waals surface area (Å²) in [6.45, 7) is 0.247. The van der Waals surface area contributed by atoms with Gasteiger partial charge in [-0.15, -0.1) is 6.42 Å². The maximum atomic E-state index is 10.5. The molecular weight excluding hydrogens is 239 g/mol. The number of nitrogens with zero attached hydrogens (tertiary/aromatic N) is 1. The lowest BCUT2D eigenvalue weighted by atomic mass is 10.3. The molecule has 0 aliphatic rings. The average Bonchev–Trinajstić information content (AvgIpc) is 2.16. The van der Waals surface area contributed by atoms with E-state index in [4.69, 9.17) is 29.6 Å². The van der Waals surface area contributed by atoms with E-state index in [0.29, 0.717) is 5.69 Å². The molecule has 1 N–H and O–H groups in total.